The van der Waals surface area contributed by atoms with Gasteiger partial charge in [0.25, 0.3) is 5.69 Å². The van der Waals surface area contributed by atoms with E-state index in [1.165, 1.54) is 0 Å². The molecule has 1 unspecified atom stereocenters. The maximum absolute atomic E-state index is 13.4. The van der Waals surface area contributed by atoms with Crippen molar-refractivity contribution in [3.63, 3.8) is 0 Å². The number of hydrogen-bond donors (Lipinski definition) is 4. The topological polar surface area (TPSA) is 133 Å². The molecule has 1 atom stereocenters. The zero-order valence-corrected chi connectivity index (χ0v) is 9.54. The van der Waals surface area contributed by atoms with Crippen LogP contribution in [0.5, 0.6) is 0 Å². The van der Waals surface area contributed by atoms with Crippen molar-refractivity contribution in [1.82, 2.24) is 0 Å². The minimum absolute atomic E-state index is 0.360. The summed E-state index contributed by atoms with van der Waals surface area (Å²) < 4.78 is 13.4. The first-order valence-corrected chi connectivity index (χ1v) is 5.11. The normalized spacial score (nSPS) is 11.9. The second kappa shape index (κ2) is 6.07. The molecule has 1 rings (SSSR count). The molecule has 0 amide bonds. The van der Waals surface area contributed by atoms with Crippen molar-refractivity contribution in [3.8, 4) is 0 Å². The summed E-state index contributed by atoms with van der Waals surface area (Å²) in [6.07, 6.45) is -1.26. The lowest BCUT2D eigenvalue weighted by Gasteiger charge is -2.13. The van der Waals surface area contributed by atoms with Crippen LogP contribution in [0.1, 0.15) is 10.4 Å². The second-order valence-corrected chi connectivity index (χ2v) is 3.60. The van der Waals surface area contributed by atoms with E-state index in [0.29, 0.717) is 6.07 Å². The molecule has 0 spiro atoms. The summed E-state index contributed by atoms with van der Waals surface area (Å²) in [4.78, 5) is 20.8. The van der Waals surface area contributed by atoms with E-state index in [0.717, 1.165) is 6.07 Å². The number of carbonyl (C=O) groups is 1. The number of aromatic carboxylic acids is 1. The van der Waals surface area contributed by atoms with Crippen LogP contribution >= 0.6 is 0 Å². The number of hydrogen-bond acceptors (Lipinski definition) is 6. The molecular formula is C10H11FN2O6. The van der Waals surface area contributed by atoms with Crippen LogP contribution in [0.25, 0.3) is 0 Å². The summed E-state index contributed by atoms with van der Waals surface area (Å²) in [6, 6.07) is 1.49. The molecule has 0 aliphatic heterocycles. The number of carboxylic acid groups (broad SMARTS) is 1. The lowest BCUT2D eigenvalue weighted by atomic mass is 10.1. The van der Waals surface area contributed by atoms with E-state index < -0.39 is 46.4 Å². The van der Waals surface area contributed by atoms with E-state index >= 15 is 0 Å². The molecule has 0 radical (unpaired) electrons. The summed E-state index contributed by atoms with van der Waals surface area (Å²) >= 11 is 0. The Morgan fingerprint density at radius 2 is 2.16 bits per heavy atom. The van der Waals surface area contributed by atoms with Gasteiger partial charge in [0.15, 0.2) is 0 Å². The average Bonchev–Trinajstić information content (AvgIpc) is 2.34. The van der Waals surface area contributed by atoms with E-state index in [2.05, 4.69) is 5.32 Å². The molecule has 0 aromatic heterocycles. The third kappa shape index (κ3) is 3.36. The third-order valence-electron chi connectivity index (χ3n) is 2.27. The molecule has 0 bridgehead atoms. The highest BCUT2D eigenvalue weighted by molar-refractivity contribution is 5.97. The van der Waals surface area contributed by atoms with Gasteiger partial charge in [0.2, 0.25) is 0 Å². The Morgan fingerprint density at radius 1 is 1.53 bits per heavy atom. The van der Waals surface area contributed by atoms with E-state index in [1.54, 1.807) is 0 Å². The Labute approximate surface area is 106 Å². The highest BCUT2D eigenvalue weighted by atomic mass is 19.1. The smallest absolute Gasteiger partial charge is 0.341 e. The zero-order valence-electron chi connectivity index (χ0n) is 9.54. The molecule has 8 nitrogen and oxygen atoms in total. The summed E-state index contributed by atoms with van der Waals surface area (Å²) in [5.41, 5.74) is -2.08. The van der Waals surface area contributed by atoms with Gasteiger partial charge in [-0.3, -0.25) is 10.1 Å². The number of halogens is 1. The standard InChI is InChI=1S/C10H11FN2O6/c11-6-1-2-7(13(18)19)9(8(6)10(16)17)12-3-5(15)4-14/h1-2,5,12,14-15H,3-4H2,(H,16,17). The Hall–Kier alpha value is -2.26. The van der Waals surface area contributed by atoms with Gasteiger partial charge in [0.05, 0.1) is 17.6 Å². The van der Waals surface area contributed by atoms with Gasteiger partial charge in [-0.25, -0.2) is 9.18 Å². The fourth-order valence-corrected chi connectivity index (χ4v) is 1.39. The summed E-state index contributed by atoms with van der Waals surface area (Å²) in [5.74, 6) is -2.82. The quantitative estimate of drug-likeness (QED) is 0.430. The number of aliphatic hydroxyl groups is 2. The third-order valence-corrected chi connectivity index (χ3v) is 2.27. The van der Waals surface area contributed by atoms with E-state index in [1.807, 2.05) is 0 Å². The monoisotopic (exact) mass is 274 g/mol. The molecule has 0 aliphatic carbocycles. The van der Waals surface area contributed by atoms with Crippen molar-refractivity contribution >= 4 is 17.3 Å². The van der Waals surface area contributed by atoms with Crippen LogP contribution in [-0.4, -0.2) is 45.5 Å². The van der Waals surface area contributed by atoms with Gasteiger partial charge in [-0.05, 0) is 6.07 Å². The van der Waals surface area contributed by atoms with Crippen LogP contribution in [-0.2, 0) is 0 Å². The number of nitro groups is 1. The van der Waals surface area contributed by atoms with Crippen LogP contribution in [0.15, 0.2) is 12.1 Å². The van der Waals surface area contributed by atoms with Crippen molar-refractivity contribution in [3.05, 3.63) is 33.6 Å². The first-order valence-electron chi connectivity index (χ1n) is 5.11. The predicted octanol–water partition coefficient (Wildman–Crippen LogP) is 0.197. The van der Waals surface area contributed by atoms with Gasteiger partial charge >= 0.3 is 5.97 Å². The summed E-state index contributed by atoms with van der Waals surface area (Å²) in [6.45, 7) is -0.987. The maximum atomic E-state index is 13.4. The van der Waals surface area contributed by atoms with Gasteiger partial charge in [0, 0.05) is 12.6 Å². The maximum Gasteiger partial charge on any atom is 0.341 e. The van der Waals surface area contributed by atoms with Crippen molar-refractivity contribution in [2.24, 2.45) is 0 Å². The number of anilines is 1. The fourth-order valence-electron chi connectivity index (χ4n) is 1.39. The molecule has 1 aromatic rings. The molecule has 1 aromatic carbocycles. The van der Waals surface area contributed by atoms with Gasteiger partial charge in [-0.1, -0.05) is 0 Å². The second-order valence-electron chi connectivity index (χ2n) is 3.60. The number of rotatable bonds is 6. The van der Waals surface area contributed by atoms with Gasteiger partial charge in [0.1, 0.15) is 17.1 Å². The number of nitrogens with zero attached hydrogens (tertiary/aromatic N) is 1. The molecule has 0 aliphatic rings. The van der Waals surface area contributed by atoms with Crippen LogP contribution in [0, 0.1) is 15.9 Å². The summed E-state index contributed by atoms with van der Waals surface area (Å²) in [7, 11) is 0. The number of aliphatic hydroxyl groups excluding tert-OH is 2. The first kappa shape index (κ1) is 14.8. The van der Waals surface area contributed by atoms with Crippen LogP contribution in [0.4, 0.5) is 15.8 Å². The Morgan fingerprint density at radius 3 is 2.63 bits per heavy atom. The van der Waals surface area contributed by atoms with Gasteiger partial charge in [-0.2, -0.15) is 0 Å². The summed E-state index contributed by atoms with van der Waals surface area (Å²) in [5, 5.41) is 39.6. The Balaban J connectivity index is 3.25. The van der Waals surface area contributed by atoms with Crippen LogP contribution < -0.4 is 5.32 Å². The first-order chi connectivity index (χ1) is 8.88. The molecule has 0 saturated carbocycles. The minimum Gasteiger partial charge on any atom is -0.478 e. The predicted molar refractivity (Wildman–Crippen MR) is 61.6 cm³/mol. The number of benzene rings is 1. The lowest BCUT2D eigenvalue weighted by Crippen LogP contribution is -2.24. The number of nitrogens with one attached hydrogen (secondary N) is 1. The van der Waals surface area contributed by atoms with E-state index in [-0.39, 0.29) is 6.54 Å². The van der Waals surface area contributed by atoms with Gasteiger partial charge < -0.3 is 20.6 Å². The molecule has 104 valence electrons. The van der Waals surface area contributed by atoms with E-state index in [9.17, 15) is 19.3 Å². The number of nitro benzene ring substituents is 1. The van der Waals surface area contributed by atoms with Crippen molar-refractivity contribution in [2.45, 2.75) is 6.10 Å². The molecule has 0 fully saturated rings. The molecule has 0 saturated heterocycles. The largest absolute Gasteiger partial charge is 0.478 e. The van der Waals surface area contributed by atoms with Gasteiger partial charge in [-0.15, -0.1) is 0 Å². The molecule has 0 heterocycles. The lowest BCUT2D eigenvalue weighted by molar-refractivity contribution is -0.384. The molecule has 9 heteroatoms. The van der Waals surface area contributed by atoms with Crippen molar-refractivity contribution in [1.29, 1.82) is 0 Å². The zero-order chi connectivity index (χ0) is 14.6. The Bertz CT molecular complexity index is 507. The highest BCUT2D eigenvalue weighted by Crippen LogP contribution is 2.30. The van der Waals surface area contributed by atoms with Crippen LogP contribution in [0.3, 0.4) is 0 Å². The highest BCUT2D eigenvalue weighted by Gasteiger charge is 2.25. The SMILES string of the molecule is O=C(O)c1c(F)ccc([N+](=O)[O-])c1NCC(O)CO. The van der Waals surface area contributed by atoms with Crippen molar-refractivity contribution in [2.75, 3.05) is 18.5 Å². The van der Waals surface area contributed by atoms with E-state index in [4.69, 9.17) is 15.3 Å². The van der Waals surface area contributed by atoms with Crippen LogP contribution in [0.2, 0.25) is 0 Å². The minimum atomic E-state index is -1.68. The molecule has 19 heavy (non-hydrogen) atoms. The molecule has 4 N–H and O–H groups in total. The fraction of sp³-hybridized carbons (Fsp3) is 0.300. The average molecular weight is 274 g/mol. The van der Waals surface area contributed by atoms with Crippen molar-refractivity contribution < 1.29 is 29.4 Å². The molecular weight excluding hydrogens is 263 g/mol. The Kier molecular flexibility index (Phi) is 4.73. The number of carboxylic acids is 1.